The monoisotopic (exact) mass is 411 g/mol. The van der Waals surface area contributed by atoms with Gasteiger partial charge in [0.25, 0.3) is 11.6 Å². The molecule has 2 amide bonds. The van der Waals surface area contributed by atoms with Crippen LogP contribution in [0.2, 0.25) is 5.02 Å². The quantitative estimate of drug-likeness (QED) is 0.552. The molecule has 0 aromatic heterocycles. The van der Waals surface area contributed by atoms with Crippen molar-refractivity contribution < 1.29 is 19.2 Å². The molecule has 1 aromatic rings. The Morgan fingerprint density at radius 2 is 1.93 bits per heavy atom. The molecule has 1 saturated heterocycles. The Hall–Kier alpha value is -2.35. The standard InChI is InChI=1S/C19H26ClN3O5/c1-19(2,3)28-18(25)21(4)12-13-7-9-22(10-8-13)17(24)15-6-5-14(23(26)27)11-16(15)20/h5-6,11,13H,7-10,12H2,1-4H3. The Balaban J connectivity index is 1.90. The molecule has 0 aliphatic carbocycles. The number of hydrogen-bond donors (Lipinski definition) is 0. The number of halogens is 1. The Morgan fingerprint density at radius 3 is 2.43 bits per heavy atom. The lowest BCUT2D eigenvalue weighted by molar-refractivity contribution is -0.384. The van der Waals surface area contributed by atoms with Gasteiger partial charge in [-0.3, -0.25) is 14.9 Å². The van der Waals surface area contributed by atoms with E-state index in [0.717, 1.165) is 12.8 Å². The highest BCUT2D eigenvalue weighted by molar-refractivity contribution is 6.34. The van der Waals surface area contributed by atoms with Crippen LogP contribution in [0.25, 0.3) is 0 Å². The van der Waals surface area contributed by atoms with Crippen LogP contribution < -0.4 is 0 Å². The van der Waals surface area contributed by atoms with Gasteiger partial charge in [-0.25, -0.2) is 4.79 Å². The number of nitro benzene ring substituents is 1. The fourth-order valence-corrected chi connectivity index (χ4v) is 3.34. The summed E-state index contributed by atoms with van der Waals surface area (Å²) in [6.07, 6.45) is 1.15. The van der Waals surface area contributed by atoms with E-state index in [4.69, 9.17) is 16.3 Å². The molecule has 0 N–H and O–H groups in total. The minimum atomic E-state index is -0.549. The van der Waals surface area contributed by atoms with Crippen LogP contribution in [-0.2, 0) is 4.74 Å². The number of carbonyl (C=O) groups is 2. The maximum Gasteiger partial charge on any atom is 0.410 e. The van der Waals surface area contributed by atoms with Gasteiger partial charge in [-0.05, 0) is 45.6 Å². The zero-order valence-corrected chi connectivity index (χ0v) is 17.4. The molecule has 0 atom stereocenters. The third-order valence-electron chi connectivity index (χ3n) is 4.53. The SMILES string of the molecule is CN(CC1CCN(C(=O)c2ccc([N+](=O)[O-])cc2Cl)CC1)C(=O)OC(C)(C)C. The van der Waals surface area contributed by atoms with Gasteiger partial charge in [0.15, 0.2) is 0 Å². The maximum atomic E-state index is 12.7. The molecule has 1 aliphatic rings. The van der Waals surface area contributed by atoms with Gasteiger partial charge in [-0.2, -0.15) is 0 Å². The van der Waals surface area contributed by atoms with Crippen LogP contribution in [0.15, 0.2) is 18.2 Å². The fourth-order valence-electron chi connectivity index (χ4n) is 3.08. The van der Waals surface area contributed by atoms with Crippen LogP contribution in [0, 0.1) is 16.0 Å². The summed E-state index contributed by atoms with van der Waals surface area (Å²) < 4.78 is 5.36. The van der Waals surface area contributed by atoms with Crippen molar-refractivity contribution in [2.24, 2.45) is 5.92 Å². The molecule has 1 aromatic carbocycles. The van der Waals surface area contributed by atoms with Gasteiger partial charge >= 0.3 is 6.09 Å². The van der Waals surface area contributed by atoms with Crippen molar-refractivity contribution in [1.82, 2.24) is 9.80 Å². The van der Waals surface area contributed by atoms with Crippen LogP contribution in [0.4, 0.5) is 10.5 Å². The Kier molecular flexibility index (Phi) is 6.87. The lowest BCUT2D eigenvalue weighted by Gasteiger charge is -2.34. The van der Waals surface area contributed by atoms with Crippen LogP contribution in [0.1, 0.15) is 44.0 Å². The number of benzene rings is 1. The number of non-ortho nitro benzene ring substituents is 1. The molecule has 8 nitrogen and oxygen atoms in total. The van der Waals surface area contributed by atoms with Crippen LogP contribution >= 0.6 is 11.6 Å². The number of amides is 2. The van der Waals surface area contributed by atoms with Gasteiger partial charge < -0.3 is 14.5 Å². The second-order valence-corrected chi connectivity index (χ2v) is 8.42. The zero-order valence-electron chi connectivity index (χ0n) is 16.6. The van der Waals surface area contributed by atoms with Crippen molar-refractivity contribution in [3.63, 3.8) is 0 Å². The summed E-state index contributed by atoms with van der Waals surface area (Å²) in [6.45, 7) is 7.12. The Morgan fingerprint density at radius 1 is 1.32 bits per heavy atom. The predicted octanol–water partition coefficient (Wildman–Crippen LogP) is 3.97. The van der Waals surface area contributed by atoms with Crippen molar-refractivity contribution >= 4 is 29.3 Å². The Labute approximate surface area is 169 Å². The molecule has 154 valence electrons. The number of nitro groups is 1. The molecule has 0 radical (unpaired) electrons. The first-order valence-electron chi connectivity index (χ1n) is 9.15. The summed E-state index contributed by atoms with van der Waals surface area (Å²) in [7, 11) is 1.71. The van der Waals surface area contributed by atoms with E-state index in [9.17, 15) is 19.7 Å². The molecule has 9 heteroatoms. The smallest absolute Gasteiger partial charge is 0.410 e. The van der Waals surface area contributed by atoms with E-state index in [-0.39, 0.29) is 34.2 Å². The topological polar surface area (TPSA) is 93.0 Å². The molecule has 0 unspecified atom stereocenters. The van der Waals surface area contributed by atoms with Gasteiger partial charge in [0, 0.05) is 38.8 Å². The molecule has 0 spiro atoms. The average Bonchev–Trinajstić information content (AvgIpc) is 2.60. The maximum absolute atomic E-state index is 12.7. The van der Waals surface area contributed by atoms with E-state index in [1.54, 1.807) is 16.8 Å². The molecular weight excluding hydrogens is 386 g/mol. The van der Waals surface area contributed by atoms with Crippen molar-refractivity contribution in [1.29, 1.82) is 0 Å². The molecule has 28 heavy (non-hydrogen) atoms. The molecule has 1 aliphatic heterocycles. The molecular formula is C19H26ClN3O5. The van der Waals surface area contributed by atoms with Crippen LogP contribution in [-0.4, -0.2) is 59.0 Å². The normalized spacial score (nSPS) is 15.2. The number of rotatable bonds is 4. The fraction of sp³-hybridized carbons (Fsp3) is 0.579. The number of hydrogen-bond acceptors (Lipinski definition) is 5. The summed E-state index contributed by atoms with van der Waals surface area (Å²) in [5, 5.41) is 10.9. The summed E-state index contributed by atoms with van der Waals surface area (Å²) in [6, 6.07) is 3.87. The average molecular weight is 412 g/mol. The predicted molar refractivity (Wildman–Crippen MR) is 106 cm³/mol. The zero-order chi connectivity index (χ0) is 21.1. The van der Waals surface area contributed by atoms with Crippen LogP contribution in [0.3, 0.4) is 0 Å². The molecule has 2 rings (SSSR count). The third-order valence-corrected chi connectivity index (χ3v) is 4.85. The molecule has 1 heterocycles. The highest BCUT2D eigenvalue weighted by Crippen LogP contribution is 2.26. The highest BCUT2D eigenvalue weighted by atomic mass is 35.5. The van der Waals surface area contributed by atoms with Crippen molar-refractivity contribution in [2.75, 3.05) is 26.7 Å². The minimum absolute atomic E-state index is 0.0750. The van der Waals surface area contributed by atoms with Gasteiger partial charge in [0.2, 0.25) is 0 Å². The van der Waals surface area contributed by atoms with E-state index in [1.165, 1.54) is 18.2 Å². The summed E-state index contributed by atoms with van der Waals surface area (Å²) in [5.41, 5.74) is -0.424. The van der Waals surface area contributed by atoms with Gasteiger partial charge in [-0.15, -0.1) is 0 Å². The first-order chi connectivity index (χ1) is 13.0. The first kappa shape index (κ1) is 21.9. The summed E-state index contributed by atoms with van der Waals surface area (Å²) in [4.78, 5) is 38.3. The summed E-state index contributed by atoms with van der Waals surface area (Å²) in [5.74, 6) is 0.0349. The summed E-state index contributed by atoms with van der Waals surface area (Å²) >= 11 is 6.06. The second-order valence-electron chi connectivity index (χ2n) is 8.02. The highest BCUT2D eigenvalue weighted by Gasteiger charge is 2.28. The molecule has 0 saturated carbocycles. The van der Waals surface area contributed by atoms with Gasteiger partial charge in [-0.1, -0.05) is 11.6 Å². The van der Waals surface area contributed by atoms with Crippen LogP contribution in [0.5, 0.6) is 0 Å². The first-order valence-corrected chi connectivity index (χ1v) is 9.53. The van der Waals surface area contributed by atoms with E-state index in [0.29, 0.717) is 19.6 Å². The van der Waals surface area contributed by atoms with Crippen molar-refractivity contribution in [3.8, 4) is 0 Å². The lowest BCUT2D eigenvalue weighted by Crippen LogP contribution is -2.43. The van der Waals surface area contributed by atoms with Crippen molar-refractivity contribution in [3.05, 3.63) is 38.9 Å². The minimum Gasteiger partial charge on any atom is -0.444 e. The van der Waals surface area contributed by atoms with E-state index in [1.807, 2.05) is 20.8 Å². The largest absolute Gasteiger partial charge is 0.444 e. The van der Waals surface area contributed by atoms with Gasteiger partial charge in [0.05, 0.1) is 15.5 Å². The molecule has 0 bridgehead atoms. The van der Waals surface area contributed by atoms with Crippen molar-refractivity contribution in [2.45, 2.75) is 39.2 Å². The number of piperidine rings is 1. The van der Waals surface area contributed by atoms with E-state index >= 15 is 0 Å². The second kappa shape index (κ2) is 8.77. The number of likely N-dealkylation sites (tertiary alicyclic amines) is 1. The van der Waals surface area contributed by atoms with E-state index in [2.05, 4.69) is 0 Å². The number of ether oxygens (including phenoxy) is 1. The Bertz CT molecular complexity index is 754. The number of nitrogens with zero attached hydrogens (tertiary/aromatic N) is 3. The number of carbonyl (C=O) groups excluding carboxylic acids is 2. The lowest BCUT2D eigenvalue weighted by atomic mass is 9.96. The molecule has 1 fully saturated rings. The van der Waals surface area contributed by atoms with E-state index < -0.39 is 10.5 Å². The van der Waals surface area contributed by atoms with Gasteiger partial charge in [0.1, 0.15) is 5.60 Å². The third kappa shape index (κ3) is 5.82.